The Hall–Kier alpha value is -3.35. The molecule has 31 heavy (non-hydrogen) atoms. The fourth-order valence-electron chi connectivity index (χ4n) is 3.93. The van der Waals surface area contributed by atoms with E-state index >= 15 is 0 Å². The molecule has 1 N–H and O–H groups in total. The molecule has 4 aromatic rings. The van der Waals surface area contributed by atoms with Gasteiger partial charge in [0, 0.05) is 37.4 Å². The predicted molar refractivity (Wildman–Crippen MR) is 122 cm³/mol. The fourth-order valence-corrected chi connectivity index (χ4v) is 3.93. The molecule has 1 fully saturated rings. The minimum Gasteiger partial charge on any atom is -0.369 e. The van der Waals surface area contributed by atoms with Crippen LogP contribution in [-0.4, -0.2) is 39.5 Å². The maximum atomic E-state index is 6.03. The van der Waals surface area contributed by atoms with Gasteiger partial charge in [-0.25, -0.2) is 4.98 Å². The predicted octanol–water partition coefficient (Wildman–Crippen LogP) is 4.65. The van der Waals surface area contributed by atoms with Crippen LogP contribution in [0.25, 0.3) is 10.9 Å². The normalized spacial score (nSPS) is 17.0. The summed E-state index contributed by atoms with van der Waals surface area (Å²) in [5.74, 6) is 0.850. The number of nitrogens with zero attached hydrogens (tertiary/aromatic N) is 4. The lowest BCUT2D eigenvalue weighted by Crippen LogP contribution is -2.38. The molecule has 0 aliphatic carbocycles. The molecular formula is C25H25N5O. The molecule has 0 bridgehead atoms. The first-order chi connectivity index (χ1) is 15.2. The van der Waals surface area contributed by atoms with E-state index in [1.807, 2.05) is 49.6 Å². The monoisotopic (exact) mass is 411 g/mol. The maximum absolute atomic E-state index is 6.03. The van der Waals surface area contributed by atoms with Gasteiger partial charge in [0.05, 0.1) is 29.7 Å². The fraction of sp³-hybridized carbons (Fsp3) is 0.240. The Bertz CT molecular complexity index is 1180. The molecule has 1 aliphatic rings. The number of hydrogen-bond donors (Lipinski definition) is 1. The Balaban J connectivity index is 1.25. The number of pyridine rings is 3. The van der Waals surface area contributed by atoms with Gasteiger partial charge in [-0.2, -0.15) is 0 Å². The number of morpholine rings is 1. The first-order valence-electron chi connectivity index (χ1n) is 10.6. The van der Waals surface area contributed by atoms with Crippen LogP contribution in [0.5, 0.6) is 0 Å². The Labute approximate surface area is 181 Å². The minimum absolute atomic E-state index is 0.0264. The molecule has 6 nitrogen and oxygen atoms in total. The van der Waals surface area contributed by atoms with Crippen molar-refractivity contribution in [1.82, 2.24) is 19.9 Å². The van der Waals surface area contributed by atoms with Crippen molar-refractivity contribution in [1.29, 1.82) is 0 Å². The molecule has 5 rings (SSSR count). The Morgan fingerprint density at radius 3 is 2.81 bits per heavy atom. The molecule has 6 heteroatoms. The zero-order valence-electron chi connectivity index (χ0n) is 17.5. The molecule has 0 unspecified atom stereocenters. The molecule has 1 saturated heterocycles. The number of fused-ring (bicyclic) bond motifs is 1. The van der Waals surface area contributed by atoms with Crippen molar-refractivity contribution in [3.8, 4) is 0 Å². The summed E-state index contributed by atoms with van der Waals surface area (Å²) in [5.41, 5.74) is 5.30. The second kappa shape index (κ2) is 8.79. The van der Waals surface area contributed by atoms with Crippen molar-refractivity contribution in [3.05, 3.63) is 90.0 Å². The third-order valence-electron chi connectivity index (χ3n) is 5.61. The van der Waals surface area contributed by atoms with Crippen molar-refractivity contribution in [2.24, 2.45) is 0 Å². The number of anilines is 2. The van der Waals surface area contributed by atoms with Crippen molar-refractivity contribution >= 4 is 22.4 Å². The van der Waals surface area contributed by atoms with Gasteiger partial charge in [-0.1, -0.05) is 18.2 Å². The van der Waals surface area contributed by atoms with Crippen LogP contribution >= 0.6 is 0 Å². The van der Waals surface area contributed by atoms with Crippen LogP contribution in [0.2, 0.25) is 0 Å². The first kappa shape index (κ1) is 19.6. The van der Waals surface area contributed by atoms with Gasteiger partial charge >= 0.3 is 0 Å². The summed E-state index contributed by atoms with van der Waals surface area (Å²) in [5, 5.41) is 4.51. The zero-order chi connectivity index (χ0) is 21.0. The average Bonchev–Trinajstić information content (AvgIpc) is 2.81. The molecule has 0 amide bonds. The van der Waals surface area contributed by atoms with E-state index in [0.717, 1.165) is 47.9 Å². The van der Waals surface area contributed by atoms with Crippen LogP contribution in [0.15, 0.2) is 73.2 Å². The highest BCUT2D eigenvalue weighted by Gasteiger charge is 2.23. The summed E-state index contributed by atoms with van der Waals surface area (Å²) in [6.07, 6.45) is 5.44. The first-order valence-corrected chi connectivity index (χ1v) is 10.6. The molecule has 0 saturated carbocycles. The van der Waals surface area contributed by atoms with Crippen LogP contribution in [0.1, 0.15) is 22.9 Å². The Kier molecular flexibility index (Phi) is 5.56. The largest absolute Gasteiger partial charge is 0.369 e. The third kappa shape index (κ3) is 4.55. The van der Waals surface area contributed by atoms with Gasteiger partial charge in [0.2, 0.25) is 0 Å². The number of benzene rings is 1. The second-order valence-corrected chi connectivity index (χ2v) is 7.89. The summed E-state index contributed by atoms with van der Waals surface area (Å²) in [4.78, 5) is 15.9. The minimum atomic E-state index is -0.0264. The van der Waals surface area contributed by atoms with Gasteiger partial charge in [-0.05, 0) is 54.4 Å². The molecule has 3 aromatic heterocycles. The average molecular weight is 412 g/mol. The molecule has 1 atom stereocenters. The molecule has 0 spiro atoms. The van der Waals surface area contributed by atoms with E-state index in [-0.39, 0.29) is 6.10 Å². The number of rotatable bonds is 5. The Morgan fingerprint density at radius 1 is 1.03 bits per heavy atom. The summed E-state index contributed by atoms with van der Waals surface area (Å²) < 4.78 is 6.03. The van der Waals surface area contributed by atoms with Gasteiger partial charge in [0.25, 0.3) is 0 Å². The van der Waals surface area contributed by atoms with Crippen LogP contribution in [0.3, 0.4) is 0 Å². The van der Waals surface area contributed by atoms with Crippen molar-refractivity contribution < 1.29 is 4.74 Å². The highest BCUT2D eigenvalue weighted by atomic mass is 16.5. The van der Waals surface area contributed by atoms with E-state index in [2.05, 4.69) is 49.4 Å². The summed E-state index contributed by atoms with van der Waals surface area (Å²) in [6, 6.07) is 18.6. The van der Waals surface area contributed by atoms with E-state index in [4.69, 9.17) is 4.74 Å². The third-order valence-corrected chi connectivity index (χ3v) is 5.61. The summed E-state index contributed by atoms with van der Waals surface area (Å²) in [6.45, 7) is 5.37. The summed E-state index contributed by atoms with van der Waals surface area (Å²) >= 11 is 0. The van der Waals surface area contributed by atoms with Crippen molar-refractivity contribution in [2.75, 3.05) is 25.0 Å². The molecule has 1 aromatic carbocycles. The maximum Gasteiger partial charge on any atom is 0.133 e. The van der Waals surface area contributed by atoms with Gasteiger partial charge in [-0.15, -0.1) is 0 Å². The SMILES string of the molecule is Cc1cccnc1Nc1ccc([C@H]2CN(Cc3ccc4ncccc4c3)CCO2)nc1. The molecule has 0 radical (unpaired) electrons. The van der Waals surface area contributed by atoms with Gasteiger partial charge in [0.15, 0.2) is 0 Å². The lowest BCUT2D eigenvalue weighted by atomic mass is 10.1. The van der Waals surface area contributed by atoms with E-state index in [0.29, 0.717) is 6.61 Å². The summed E-state index contributed by atoms with van der Waals surface area (Å²) in [7, 11) is 0. The van der Waals surface area contributed by atoms with Crippen LogP contribution in [-0.2, 0) is 11.3 Å². The standard InChI is InChI=1S/C25H25N5O/c1-18-4-2-11-27-25(18)29-21-7-9-23(28-15-21)24-17-30(12-13-31-24)16-19-6-8-22-20(14-19)5-3-10-26-22/h2-11,14-15,24H,12-13,16-17H2,1H3,(H,27,29)/t24-/m1/s1. The lowest BCUT2D eigenvalue weighted by molar-refractivity contribution is -0.0349. The smallest absolute Gasteiger partial charge is 0.133 e. The van der Waals surface area contributed by atoms with E-state index in [9.17, 15) is 0 Å². The topological polar surface area (TPSA) is 63.2 Å². The number of aromatic nitrogens is 3. The van der Waals surface area contributed by atoms with Crippen molar-refractivity contribution in [2.45, 2.75) is 19.6 Å². The Morgan fingerprint density at radius 2 is 1.94 bits per heavy atom. The van der Waals surface area contributed by atoms with E-state index in [1.54, 1.807) is 6.20 Å². The van der Waals surface area contributed by atoms with Gasteiger partial charge in [-0.3, -0.25) is 14.9 Å². The molecular weight excluding hydrogens is 386 g/mol. The lowest BCUT2D eigenvalue weighted by Gasteiger charge is -2.32. The van der Waals surface area contributed by atoms with Crippen LogP contribution < -0.4 is 5.32 Å². The molecule has 156 valence electrons. The highest BCUT2D eigenvalue weighted by Crippen LogP contribution is 2.24. The number of hydrogen-bond acceptors (Lipinski definition) is 6. The van der Waals surface area contributed by atoms with E-state index in [1.165, 1.54) is 10.9 Å². The van der Waals surface area contributed by atoms with Gasteiger partial charge in [0.1, 0.15) is 11.9 Å². The van der Waals surface area contributed by atoms with Crippen LogP contribution in [0, 0.1) is 6.92 Å². The number of ether oxygens (including phenoxy) is 1. The van der Waals surface area contributed by atoms with Crippen LogP contribution in [0.4, 0.5) is 11.5 Å². The molecule has 1 aliphatic heterocycles. The number of aryl methyl sites for hydroxylation is 1. The highest BCUT2D eigenvalue weighted by molar-refractivity contribution is 5.78. The van der Waals surface area contributed by atoms with Crippen molar-refractivity contribution in [3.63, 3.8) is 0 Å². The van der Waals surface area contributed by atoms with Gasteiger partial charge < -0.3 is 10.1 Å². The van der Waals surface area contributed by atoms with E-state index < -0.39 is 0 Å². The second-order valence-electron chi connectivity index (χ2n) is 7.89. The zero-order valence-corrected chi connectivity index (χ0v) is 17.5. The molecule has 4 heterocycles. The quantitative estimate of drug-likeness (QED) is 0.516. The number of nitrogens with one attached hydrogen (secondary N) is 1.